The van der Waals surface area contributed by atoms with E-state index in [2.05, 4.69) is 175 Å². The van der Waals surface area contributed by atoms with Gasteiger partial charge in [-0.2, -0.15) is 0 Å². The standard InChI is InChI=1S/C48H49N12/c49-17-29-57-21-9-33(10-22-57)45-37-1-2-38(53-37)46(34-11-23-58(24-12-34)30-18-50)40-5-6-42(55-40)48(36-15-27-60(28-16-36)32-20-52)44-8-7-43(56-44)47(41-4-3-39(45)54-41)35-13-25-59(26-14-35)31-19-51/h1-16,21-28H,17-20,29-32,49-52H2,(H,53,54,55,56)/q+3/p+1. The summed E-state index contributed by atoms with van der Waals surface area (Å²) in [5, 5.41) is 0. The third-order valence-electron chi connectivity index (χ3n) is 11.0. The summed E-state index contributed by atoms with van der Waals surface area (Å²) in [4.78, 5) is 18.6. The number of aromatic amines is 2. The van der Waals surface area contributed by atoms with Crippen molar-refractivity contribution in [3.8, 4) is 44.5 Å². The lowest BCUT2D eigenvalue weighted by Gasteiger charge is -2.07. The number of aromatic nitrogens is 8. The van der Waals surface area contributed by atoms with Crippen molar-refractivity contribution in [2.75, 3.05) is 26.2 Å². The first kappa shape index (κ1) is 38.6. The molecule has 7 aromatic rings. The van der Waals surface area contributed by atoms with Gasteiger partial charge in [0.2, 0.25) is 0 Å². The fourth-order valence-corrected chi connectivity index (χ4v) is 8.11. The molecule has 298 valence electrons. The van der Waals surface area contributed by atoms with Crippen LogP contribution in [0.2, 0.25) is 0 Å². The van der Waals surface area contributed by atoms with Gasteiger partial charge in [-0.15, -0.1) is 0 Å². The van der Waals surface area contributed by atoms with E-state index in [1.807, 2.05) is 0 Å². The average Bonchev–Trinajstić information content (AvgIpc) is 4.12. The highest BCUT2D eigenvalue weighted by Gasteiger charge is 2.21. The van der Waals surface area contributed by atoms with Crippen LogP contribution >= 0.6 is 0 Å². The van der Waals surface area contributed by atoms with E-state index in [9.17, 15) is 0 Å². The van der Waals surface area contributed by atoms with Crippen LogP contribution in [0.15, 0.2) is 122 Å². The molecule has 0 amide bonds. The van der Waals surface area contributed by atoms with Crippen LogP contribution in [0.5, 0.6) is 0 Å². The Kier molecular flexibility index (Phi) is 11.0. The first-order valence-electron chi connectivity index (χ1n) is 20.5. The summed E-state index contributed by atoms with van der Waals surface area (Å²) in [5.41, 5.74) is 38.8. The molecule has 60 heavy (non-hydrogen) atoms. The Morgan fingerprint density at radius 2 is 0.583 bits per heavy atom. The van der Waals surface area contributed by atoms with E-state index in [0.29, 0.717) is 26.2 Å². The molecule has 12 heteroatoms. The molecule has 9 heterocycles. The summed E-state index contributed by atoms with van der Waals surface area (Å²) in [7, 11) is 0. The van der Waals surface area contributed by atoms with Crippen LogP contribution in [-0.2, 0) is 26.2 Å². The number of hydrogen-bond acceptors (Lipinski definition) is 6. The highest BCUT2D eigenvalue weighted by Crippen LogP contribution is 2.38. The van der Waals surface area contributed by atoms with E-state index in [-0.39, 0.29) is 0 Å². The quantitative estimate of drug-likeness (QED) is 0.101. The zero-order chi connectivity index (χ0) is 41.0. The van der Waals surface area contributed by atoms with Crippen LogP contribution in [0, 0.1) is 0 Å². The first-order chi connectivity index (χ1) is 29.5. The smallest absolute Gasteiger partial charge is 0.169 e. The molecule has 0 unspecified atom stereocenters. The molecule has 0 radical (unpaired) electrons. The number of nitrogens with zero attached hydrogens (tertiary/aromatic N) is 6. The summed E-state index contributed by atoms with van der Waals surface area (Å²) in [6, 6.07) is 25.7. The maximum Gasteiger partial charge on any atom is 0.169 e. The maximum atomic E-state index is 5.92. The van der Waals surface area contributed by atoms with Crippen molar-refractivity contribution in [2.24, 2.45) is 22.9 Å². The van der Waals surface area contributed by atoms with E-state index >= 15 is 0 Å². The Hall–Kier alpha value is -6.96. The monoisotopic (exact) mass is 794 g/mol. The largest absolute Gasteiger partial charge is 0.354 e. The molecule has 0 aromatic carbocycles. The molecule has 0 saturated carbocycles. The molecule has 9 rings (SSSR count). The van der Waals surface area contributed by atoms with Gasteiger partial charge < -0.3 is 32.9 Å². The summed E-state index contributed by atoms with van der Waals surface area (Å²) < 4.78 is 8.39. The molecular weight excluding hydrogens is 745 g/mol. The van der Waals surface area contributed by atoms with E-state index < -0.39 is 0 Å². The average molecular weight is 795 g/mol. The first-order valence-corrected chi connectivity index (χ1v) is 20.5. The van der Waals surface area contributed by atoms with Crippen molar-refractivity contribution < 1.29 is 18.3 Å². The Morgan fingerprint density at radius 1 is 0.333 bits per heavy atom. The molecule has 2 aliphatic rings. The summed E-state index contributed by atoms with van der Waals surface area (Å²) in [6.45, 7) is 5.14. The van der Waals surface area contributed by atoms with E-state index in [1.54, 1.807) is 0 Å². The molecule has 0 atom stereocenters. The molecule has 7 aromatic heterocycles. The van der Waals surface area contributed by atoms with E-state index in [0.717, 1.165) is 116 Å². The highest BCUT2D eigenvalue weighted by molar-refractivity contribution is 6.00. The third kappa shape index (κ3) is 7.68. The second kappa shape index (κ2) is 17.1. The number of pyridine rings is 4. The van der Waals surface area contributed by atoms with Gasteiger partial charge in [0.15, 0.2) is 75.8 Å². The molecule has 0 spiro atoms. The van der Waals surface area contributed by atoms with Crippen molar-refractivity contribution in [1.29, 1.82) is 0 Å². The van der Waals surface area contributed by atoms with Crippen LogP contribution in [0.1, 0.15) is 22.8 Å². The van der Waals surface area contributed by atoms with Crippen LogP contribution in [-0.4, -0.2) is 46.1 Å². The second-order valence-corrected chi connectivity index (χ2v) is 15.0. The van der Waals surface area contributed by atoms with Gasteiger partial charge in [-0.3, -0.25) is 0 Å². The highest BCUT2D eigenvalue weighted by atomic mass is 15.0. The van der Waals surface area contributed by atoms with Crippen molar-refractivity contribution in [2.45, 2.75) is 26.2 Å². The Bertz CT molecular complexity index is 2740. The number of rotatable bonds is 12. The number of hydrogen-bond donors (Lipinski definition) is 6. The Balaban J connectivity index is 1.40. The van der Waals surface area contributed by atoms with Crippen molar-refractivity contribution in [3.05, 3.63) is 145 Å². The van der Waals surface area contributed by atoms with Crippen molar-refractivity contribution in [1.82, 2.24) is 19.9 Å². The lowest BCUT2D eigenvalue weighted by molar-refractivity contribution is -0.694. The third-order valence-corrected chi connectivity index (χ3v) is 11.0. The molecule has 0 fully saturated rings. The fourth-order valence-electron chi connectivity index (χ4n) is 8.11. The van der Waals surface area contributed by atoms with Gasteiger partial charge >= 0.3 is 0 Å². The molecule has 12 nitrogen and oxygen atoms in total. The Labute approximate surface area is 348 Å². The van der Waals surface area contributed by atoms with Gasteiger partial charge in [-0.05, 0) is 70.8 Å². The van der Waals surface area contributed by atoms with Crippen LogP contribution < -0.4 is 41.2 Å². The molecule has 0 aliphatic carbocycles. The molecule has 10 N–H and O–H groups in total. The predicted molar refractivity (Wildman–Crippen MR) is 238 cm³/mol. The predicted octanol–water partition coefficient (Wildman–Crippen LogP) is 4.31. The van der Waals surface area contributed by atoms with Gasteiger partial charge in [0, 0.05) is 92.9 Å². The number of fused-ring (bicyclic) bond motifs is 8. The number of nitrogens with two attached hydrogens (primary N) is 4. The molecule has 2 aliphatic heterocycles. The summed E-state index contributed by atoms with van der Waals surface area (Å²) in [5.74, 6) is 0. The van der Waals surface area contributed by atoms with Crippen LogP contribution in [0.4, 0.5) is 0 Å². The fraction of sp³-hybridized carbons (Fsp3) is 0.167. The number of H-pyrrole nitrogens is 2. The van der Waals surface area contributed by atoms with Gasteiger partial charge in [0.25, 0.3) is 0 Å². The molecule has 0 saturated heterocycles. The Morgan fingerprint density at radius 3 is 0.883 bits per heavy atom. The van der Waals surface area contributed by atoms with E-state index in [1.165, 1.54) is 0 Å². The van der Waals surface area contributed by atoms with Gasteiger partial charge in [0.1, 0.15) is 0 Å². The summed E-state index contributed by atoms with van der Waals surface area (Å²) >= 11 is 0. The van der Waals surface area contributed by atoms with Crippen LogP contribution in [0.3, 0.4) is 0 Å². The molecular formula is C48H50N12+4. The second-order valence-electron chi connectivity index (χ2n) is 15.0. The SMILES string of the molecule is NCC[n+]1ccc(-c2c3nc(c(-c4cc[n+](CCN)cc4)c4ccc([nH]4)c(-c4cc[n+](CCN)cc4)c4ccc([nH]4)c(-c4cc[n+](CCN)cc4)c4nc2C=C4)C=C3)cc1. The van der Waals surface area contributed by atoms with Crippen LogP contribution in [0.25, 0.3) is 90.9 Å². The van der Waals surface area contributed by atoms with E-state index in [4.69, 9.17) is 32.9 Å². The maximum absolute atomic E-state index is 5.92. The van der Waals surface area contributed by atoms with Gasteiger partial charge in [-0.1, -0.05) is 0 Å². The normalized spacial score (nSPS) is 12.1. The minimum absolute atomic E-state index is 0.553. The van der Waals surface area contributed by atoms with Gasteiger partial charge in [0.05, 0.1) is 49.0 Å². The lowest BCUT2D eigenvalue weighted by Crippen LogP contribution is -2.36. The van der Waals surface area contributed by atoms with Crippen molar-refractivity contribution >= 4 is 46.4 Å². The number of nitrogens with one attached hydrogen (secondary N) is 2. The minimum atomic E-state index is 0.553. The van der Waals surface area contributed by atoms with Gasteiger partial charge in [-0.25, -0.2) is 28.2 Å². The lowest BCUT2D eigenvalue weighted by atomic mass is 10.0. The minimum Gasteiger partial charge on any atom is -0.354 e. The zero-order valence-electron chi connectivity index (χ0n) is 33.5. The topological polar surface area (TPSA) is 177 Å². The summed E-state index contributed by atoms with van der Waals surface area (Å²) in [6.07, 6.45) is 25.0. The zero-order valence-corrected chi connectivity index (χ0v) is 33.5. The van der Waals surface area contributed by atoms with Crippen molar-refractivity contribution in [3.63, 3.8) is 0 Å². The molecule has 8 bridgehead atoms.